The van der Waals surface area contributed by atoms with Crippen molar-refractivity contribution >= 4 is 5.91 Å². The Balaban J connectivity index is 1.34. The Hall–Kier alpha value is -2.57. The van der Waals surface area contributed by atoms with Gasteiger partial charge in [-0.3, -0.25) is 14.7 Å². The van der Waals surface area contributed by atoms with E-state index >= 15 is 0 Å². The molecule has 1 saturated heterocycles. The second kappa shape index (κ2) is 10.8. The number of benzene rings is 1. The Morgan fingerprint density at radius 2 is 2.12 bits per heavy atom. The van der Waals surface area contributed by atoms with Crippen molar-refractivity contribution in [3.8, 4) is 11.1 Å². The second-order valence-corrected chi connectivity index (χ2v) is 8.80. The molecular weight excluding hydrogens is 405 g/mol. The quantitative estimate of drug-likeness (QED) is 0.662. The third-order valence-electron chi connectivity index (χ3n) is 6.34. The summed E-state index contributed by atoms with van der Waals surface area (Å²) in [5.41, 5.74) is 2.88. The number of amides is 1. The van der Waals surface area contributed by atoms with Gasteiger partial charge in [0, 0.05) is 48.7 Å². The van der Waals surface area contributed by atoms with Crippen molar-refractivity contribution in [1.82, 2.24) is 15.2 Å². The van der Waals surface area contributed by atoms with Crippen LogP contribution < -0.4 is 5.32 Å². The van der Waals surface area contributed by atoms with Gasteiger partial charge in [0.05, 0.1) is 19.6 Å². The zero-order valence-corrected chi connectivity index (χ0v) is 18.7. The fraction of sp³-hybridized carbons (Fsp3) is 0.462. The molecule has 0 radical (unpaired) electrons. The molecule has 170 valence electrons. The van der Waals surface area contributed by atoms with Crippen LogP contribution in [0.25, 0.3) is 11.1 Å². The summed E-state index contributed by atoms with van der Waals surface area (Å²) >= 11 is 0. The van der Waals surface area contributed by atoms with Crippen LogP contribution in [0, 0.1) is 11.7 Å². The SMILES string of the molecule is CC(NC(=O)Cc1ccc(-c2ccc(CN3CCOCC3)cc2F)cn1)C1C=CCCC1. The third kappa shape index (κ3) is 6.02. The van der Waals surface area contributed by atoms with E-state index in [-0.39, 0.29) is 24.2 Å². The average Bonchev–Trinajstić information content (AvgIpc) is 2.81. The summed E-state index contributed by atoms with van der Waals surface area (Å²) in [5, 5.41) is 3.09. The first-order valence-electron chi connectivity index (χ1n) is 11.6. The minimum absolute atomic E-state index is 0.0321. The van der Waals surface area contributed by atoms with Crippen molar-refractivity contribution in [1.29, 1.82) is 0 Å². The Morgan fingerprint density at radius 3 is 2.81 bits per heavy atom. The lowest BCUT2D eigenvalue weighted by Crippen LogP contribution is -2.38. The molecule has 1 aromatic carbocycles. The summed E-state index contributed by atoms with van der Waals surface area (Å²) in [5.74, 6) is 0.116. The van der Waals surface area contributed by atoms with Crippen LogP contribution in [-0.4, -0.2) is 48.1 Å². The van der Waals surface area contributed by atoms with Gasteiger partial charge in [-0.1, -0.05) is 30.4 Å². The predicted molar refractivity (Wildman–Crippen MR) is 124 cm³/mol. The molecule has 1 aliphatic heterocycles. The Labute approximate surface area is 189 Å². The van der Waals surface area contributed by atoms with Gasteiger partial charge in [0.2, 0.25) is 5.91 Å². The smallest absolute Gasteiger partial charge is 0.226 e. The van der Waals surface area contributed by atoms with Crippen LogP contribution in [0.4, 0.5) is 4.39 Å². The molecule has 0 saturated carbocycles. The number of allylic oxidation sites excluding steroid dienone is 1. The Kier molecular flexibility index (Phi) is 7.66. The molecule has 4 rings (SSSR count). The van der Waals surface area contributed by atoms with Gasteiger partial charge in [-0.05, 0) is 49.8 Å². The topological polar surface area (TPSA) is 54.5 Å². The average molecular weight is 438 g/mol. The van der Waals surface area contributed by atoms with Crippen LogP contribution in [0.3, 0.4) is 0 Å². The zero-order chi connectivity index (χ0) is 22.3. The summed E-state index contributed by atoms with van der Waals surface area (Å²) in [6.07, 6.45) is 9.70. The predicted octanol–water partition coefficient (Wildman–Crippen LogP) is 4.12. The summed E-state index contributed by atoms with van der Waals surface area (Å²) in [7, 11) is 0. The number of carbonyl (C=O) groups is 1. The molecule has 2 unspecified atom stereocenters. The van der Waals surface area contributed by atoms with E-state index in [2.05, 4.69) is 34.3 Å². The van der Waals surface area contributed by atoms with Crippen LogP contribution in [0.5, 0.6) is 0 Å². The number of nitrogens with zero attached hydrogens (tertiary/aromatic N) is 2. The molecule has 5 nitrogen and oxygen atoms in total. The van der Waals surface area contributed by atoms with Crippen LogP contribution in [0.1, 0.15) is 37.4 Å². The van der Waals surface area contributed by atoms with Crippen LogP contribution in [0.15, 0.2) is 48.7 Å². The number of halogens is 1. The number of carbonyl (C=O) groups excluding carboxylic acids is 1. The maximum atomic E-state index is 14.8. The van der Waals surface area contributed by atoms with Gasteiger partial charge in [0.25, 0.3) is 0 Å². The number of hydrogen-bond acceptors (Lipinski definition) is 4. The van der Waals surface area contributed by atoms with Crippen LogP contribution >= 0.6 is 0 Å². The summed E-state index contributed by atoms with van der Waals surface area (Å²) in [4.78, 5) is 19.1. The lowest BCUT2D eigenvalue weighted by molar-refractivity contribution is -0.121. The number of rotatable bonds is 7. The van der Waals surface area contributed by atoms with E-state index in [9.17, 15) is 9.18 Å². The lowest BCUT2D eigenvalue weighted by atomic mass is 9.90. The highest BCUT2D eigenvalue weighted by Gasteiger charge is 2.19. The fourth-order valence-electron chi connectivity index (χ4n) is 4.43. The minimum atomic E-state index is -0.252. The number of hydrogen-bond donors (Lipinski definition) is 1. The van der Waals surface area contributed by atoms with E-state index in [0.717, 1.165) is 51.3 Å². The standard InChI is InChI=1S/C26H32FN3O2/c1-19(21-5-3-2-4-6-21)29-26(31)16-23-9-8-22(17-28-23)24-10-7-20(15-25(24)27)18-30-11-13-32-14-12-30/h3,5,7-10,15,17,19,21H,2,4,6,11-14,16,18H2,1H3,(H,29,31). The summed E-state index contributed by atoms with van der Waals surface area (Å²) in [6.45, 7) is 5.99. The van der Waals surface area contributed by atoms with Gasteiger partial charge in [0.1, 0.15) is 5.82 Å². The molecule has 2 aromatic rings. The van der Waals surface area contributed by atoms with Crippen molar-refractivity contribution < 1.29 is 13.9 Å². The van der Waals surface area contributed by atoms with Crippen LogP contribution in [0.2, 0.25) is 0 Å². The van der Waals surface area contributed by atoms with Gasteiger partial charge in [-0.25, -0.2) is 4.39 Å². The van der Waals surface area contributed by atoms with E-state index in [4.69, 9.17) is 4.74 Å². The monoisotopic (exact) mass is 437 g/mol. The lowest BCUT2D eigenvalue weighted by Gasteiger charge is -2.26. The van der Waals surface area contributed by atoms with E-state index in [1.54, 1.807) is 18.3 Å². The maximum absolute atomic E-state index is 14.8. The number of aromatic nitrogens is 1. The fourth-order valence-corrected chi connectivity index (χ4v) is 4.43. The molecule has 0 spiro atoms. The maximum Gasteiger partial charge on any atom is 0.226 e. The molecule has 1 N–H and O–H groups in total. The largest absolute Gasteiger partial charge is 0.379 e. The molecule has 0 bridgehead atoms. The summed E-state index contributed by atoms with van der Waals surface area (Å²) < 4.78 is 20.1. The second-order valence-electron chi connectivity index (χ2n) is 8.80. The van der Waals surface area contributed by atoms with E-state index < -0.39 is 0 Å². The Morgan fingerprint density at radius 1 is 1.28 bits per heavy atom. The van der Waals surface area contributed by atoms with Gasteiger partial charge in [0.15, 0.2) is 0 Å². The molecule has 1 aromatic heterocycles. The van der Waals surface area contributed by atoms with Crippen molar-refractivity contribution in [3.05, 3.63) is 65.8 Å². The molecule has 32 heavy (non-hydrogen) atoms. The number of pyridine rings is 1. The first kappa shape index (κ1) is 22.6. The number of nitrogens with one attached hydrogen (secondary N) is 1. The van der Waals surface area contributed by atoms with E-state index in [1.807, 2.05) is 18.2 Å². The molecule has 2 atom stereocenters. The molecule has 2 aliphatic rings. The van der Waals surface area contributed by atoms with Gasteiger partial charge in [-0.15, -0.1) is 0 Å². The molecule has 6 heteroatoms. The first-order chi connectivity index (χ1) is 15.6. The molecule has 1 aliphatic carbocycles. The van der Waals surface area contributed by atoms with E-state index in [1.165, 1.54) is 6.42 Å². The van der Waals surface area contributed by atoms with Crippen LogP contribution in [-0.2, 0) is 22.5 Å². The number of morpholine rings is 1. The Bertz CT molecular complexity index is 939. The minimum Gasteiger partial charge on any atom is -0.379 e. The number of ether oxygens (including phenoxy) is 1. The zero-order valence-electron chi connectivity index (χ0n) is 18.7. The van der Waals surface area contributed by atoms with Gasteiger partial charge >= 0.3 is 0 Å². The third-order valence-corrected chi connectivity index (χ3v) is 6.34. The highest BCUT2D eigenvalue weighted by molar-refractivity contribution is 5.78. The van der Waals surface area contributed by atoms with E-state index in [0.29, 0.717) is 22.7 Å². The first-order valence-corrected chi connectivity index (χ1v) is 11.6. The van der Waals surface area contributed by atoms with Crippen molar-refractivity contribution in [2.24, 2.45) is 5.92 Å². The van der Waals surface area contributed by atoms with Crippen molar-refractivity contribution in [3.63, 3.8) is 0 Å². The summed E-state index contributed by atoms with van der Waals surface area (Å²) in [6, 6.07) is 9.14. The molecule has 1 amide bonds. The highest BCUT2D eigenvalue weighted by atomic mass is 19.1. The molecule has 1 fully saturated rings. The normalized spacial score (nSPS) is 20.1. The van der Waals surface area contributed by atoms with Crippen molar-refractivity contribution in [2.45, 2.75) is 45.2 Å². The van der Waals surface area contributed by atoms with Gasteiger partial charge < -0.3 is 10.1 Å². The molecule has 2 heterocycles. The van der Waals surface area contributed by atoms with Gasteiger partial charge in [-0.2, -0.15) is 0 Å². The molecular formula is C26H32FN3O2. The van der Waals surface area contributed by atoms with Crippen molar-refractivity contribution in [2.75, 3.05) is 26.3 Å². The highest BCUT2D eigenvalue weighted by Crippen LogP contribution is 2.24.